The second-order valence-corrected chi connectivity index (χ2v) is 4.48. The quantitative estimate of drug-likeness (QED) is 0.614. The van der Waals surface area contributed by atoms with Gasteiger partial charge in [0.05, 0.1) is 19.9 Å². The summed E-state index contributed by atoms with van der Waals surface area (Å²) in [6, 6.07) is 10.3. The molecule has 7 nitrogen and oxygen atoms in total. The zero-order chi connectivity index (χ0) is 16.5. The van der Waals surface area contributed by atoms with Gasteiger partial charge < -0.3 is 10.1 Å². The molecule has 118 valence electrons. The molecule has 0 bridgehead atoms. The summed E-state index contributed by atoms with van der Waals surface area (Å²) in [5.74, 6) is -0.0242. The van der Waals surface area contributed by atoms with Crippen molar-refractivity contribution in [3.63, 3.8) is 0 Å². The van der Waals surface area contributed by atoms with Gasteiger partial charge in [-0.1, -0.05) is 0 Å². The Morgan fingerprint density at radius 3 is 2.52 bits per heavy atom. The Hall–Kier alpha value is -3.22. The van der Waals surface area contributed by atoms with Crippen molar-refractivity contribution in [3.8, 4) is 5.75 Å². The second kappa shape index (κ2) is 8.28. The number of nitrogens with one attached hydrogen (secondary N) is 2. The summed E-state index contributed by atoms with van der Waals surface area (Å²) in [6.45, 7) is -0.166. The number of rotatable bonds is 6. The van der Waals surface area contributed by atoms with Crippen molar-refractivity contribution in [2.75, 3.05) is 13.7 Å². The molecule has 0 saturated heterocycles. The predicted octanol–water partition coefficient (Wildman–Crippen LogP) is 0.970. The van der Waals surface area contributed by atoms with E-state index in [9.17, 15) is 9.59 Å². The van der Waals surface area contributed by atoms with Crippen LogP contribution in [0.4, 0.5) is 0 Å². The SMILES string of the molecule is COc1ccc(/C=N\NC(=O)CNC(=O)c2ccncc2)cc1. The molecule has 23 heavy (non-hydrogen) atoms. The van der Waals surface area contributed by atoms with Gasteiger partial charge in [-0.3, -0.25) is 14.6 Å². The topological polar surface area (TPSA) is 92.7 Å². The van der Waals surface area contributed by atoms with E-state index in [-0.39, 0.29) is 12.5 Å². The normalized spacial score (nSPS) is 10.3. The van der Waals surface area contributed by atoms with E-state index in [1.165, 1.54) is 18.6 Å². The van der Waals surface area contributed by atoms with Crippen LogP contribution >= 0.6 is 0 Å². The molecule has 1 heterocycles. The Kier molecular flexibility index (Phi) is 5.81. The number of benzene rings is 1. The lowest BCUT2D eigenvalue weighted by Crippen LogP contribution is -2.34. The van der Waals surface area contributed by atoms with Crippen LogP contribution in [0.3, 0.4) is 0 Å². The lowest BCUT2D eigenvalue weighted by atomic mass is 10.2. The maximum atomic E-state index is 11.7. The fourth-order valence-electron chi connectivity index (χ4n) is 1.67. The summed E-state index contributed by atoms with van der Waals surface area (Å²) < 4.78 is 5.04. The fourth-order valence-corrected chi connectivity index (χ4v) is 1.67. The zero-order valence-corrected chi connectivity index (χ0v) is 12.5. The van der Waals surface area contributed by atoms with Gasteiger partial charge in [0.15, 0.2) is 0 Å². The highest BCUT2D eigenvalue weighted by Crippen LogP contribution is 2.09. The van der Waals surface area contributed by atoms with Gasteiger partial charge in [-0.05, 0) is 42.0 Å². The van der Waals surface area contributed by atoms with E-state index in [0.717, 1.165) is 11.3 Å². The molecule has 0 aliphatic rings. The van der Waals surface area contributed by atoms with Crippen molar-refractivity contribution >= 4 is 18.0 Å². The number of hydrazone groups is 1. The van der Waals surface area contributed by atoms with E-state index < -0.39 is 5.91 Å². The van der Waals surface area contributed by atoms with Crippen LogP contribution in [0.2, 0.25) is 0 Å². The van der Waals surface area contributed by atoms with E-state index in [1.807, 2.05) is 0 Å². The molecule has 0 fully saturated rings. The monoisotopic (exact) mass is 312 g/mol. The number of carbonyl (C=O) groups is 2. The molecule has 2 amide bonds. The average molecular weight is 312 g/mol. The van der Waals surface area contributed by atoms with E-state index in [1.54, 1.807) is 43.5 Å². The highest BCUT2D eigenvalue weighted by atomic mass is 16.5. The molecule has 0 aliphatic carbocycles. The Bertz CT molecular complexity index is 684. The molecule has 2 aromatic rings. The highest BCUT2D eigenvalue weighted by molar-refractivity contribution is 5.96. The van der Waals surface area contributed by atoms with Crippen LogP contribution in [0.15, 0.2) is 53.9 Å². The van der Waals surface area contributed by atoms with Crippen molar-refractivity contribution in [3.05, 3.63) is 59.9 Å². The summed E-state index contributed by atoms with van der Waals surface area (Å²) in [6.07, 6.45) is 4.52. The van der Waals surface area contributed by atoms with Crippen molar-refractivity contribution in [1.82, 2.24) is 15.7 Å². The number of aromatic nitrogens is 1. The van der Waals surface area contributed by atoms with E-state index in [0.29, 0.717) is 5.56 Å². The summed E-state index contributed by atoms with van der Waals surface area (Å²) in [5, 5.41) is 6.31. The van der Waals surface area contributed by atoms with E-state index in [2.05, 4.69) is 20.8 Å². The Labute approximate surface area is 133 Å². The summed E-state index contributed by atoms with van der Waals surface area (Å²) in [5.41, 5.74) is 3.59. The lowest BCUT2D eigenvalue weighted by molar-refractivity contribution is -0.120. The third-order valence-electron chi connectivity index (χ3n) is 2.87. The van der Waals surface area contributed by atoms with Crippen LogP contribution in [0.1, 0.15) is 15.9 Å². The van der Waals surface area contributed by atoms with Crippen molar-refractivity contribution < 1.29 is 14.3 Å². The van der Waals surface area contributed by atoms with Crippen molar-refractivity contribution in [2.24, 2.45) is 5.10 Å². The molecular formula is C16H16N4O3. The highest BCUT2D eigenvalue weighted by Gasteiger charge is 2.06. The molecule has 2 rings (SSSR count). The maximum Gasteiger partial charge on any atom is 0.259 e. The van der Waals surface area contributed by atoms with E-state index >= 15 is 0 Å². The number of hydrogen-bond acceptors (Lipinski definition) is 5. The molecule has 1 aromatic heterocycles. The molecule has 7 heteroatoms. The first-order valence-electron chi connectivity index (χ1n) is 6.83. The minimum absolute atomic E-state index is 0.166. The number of ether oxygens (including phenoxy) is 1. The van der Waals surface area contributed by atoms with Gasteiger partial charge in [0, 0.05) is 18.0 Å². The van der Waals surface area contributed by atoms with E-state index in [4.69, 9.17) is 4.74 Å². The molecular weight excluding hydrogens is 296 g/mol. The van der Waals surface area contributed by atoms with Gasteiger partial charge in [-0.2, -0.15) is 5.10 Å². The minimum Gasteiger partial charge on any atom is -0.497 e. The van der Waals surface area contributed by atoms with Crippen molar-refractivity contribution in [1.29, 1.82) is 0 Å². The van der Waals surface area contributed by atoms with Crippen LogP contribution in [0.25, 0.3) is 0 Å². The maximum absolute atomic E-state index is 11.7. The summed E-state index contributed by atoms with van der Waals surface area (Å²) in [7, 11) is 1.59. The predicted molar refractivity (Wildman–Crippen MR) is 85.3 cm³/mol. The van der Waals surface area contributed by atoms with Crippen LogP contribution in [0.5, 0.6) is 5.75 Å². The number of pyridine rings is 1. The van der Waals surface area contributed by atoms with Crippen LogP contribution in [0, 0.1) is 0 Å². The molecule has 0 spiro atoms. The van der Waals surface area contributed by atoms with Crippen LogP contribution in [-0.4, -0.2) is 36.7 Å². The number of hydrogen-bond donors (Lipinski definition) is 2. The third-order valence-corrected chi connectivity index (χ3v) is 2.87. The van der Waals surface area contributed by atoms with Gasteiger partial charge in [0.25, 0.3) is 11.8 Å². The molecule has 0 aliphatic heterocycles. The third kappa shape index (κ3) is 5.24. The first-order chi connectivity index (χ1) is 11.2. The molecule has 1 aromatic carbocycles. The molecule has 0 unspecified atom stereocenters. The molecule has 0 radical (unpaired) electrons. The first kappa shape index (κ1) is 16.2. The van der Waals surface area contributed by atoms with Gasteiger partial charge in [-0.25, -0.2) is 5.43 Å². The van der Waals surface area contributed by atoms with Gasteiger partial charge in [-0.15, -0.1) is 0 Å². The average Bonchev–Trinajstić information content (AvgIpc) is 2.61. The Morgan fingerprint density at radius 1 is 1.17 bits per heavy atom. The number of methoxy groups -OCH3 is 1. The van der Waals surface area contributed by atoms with Gasteiger partial charge in [0.2, 0.25) is 0 Å². The standard InChI is InChI=1S/C16H16N4O3/c1-23-14-4-2-12(3-5-14)10-19-20-15(21)11-18-16(22)13-6-8-17-9-7-13/h2-10H,11H2,1H3,(H,18,22)(H,20,21)/b19-10-. The fraction of sp³-hybridized carbons (Fsp3) is 0.125. The largest absolute Gasteiger partial charge is 0.497 e. The Balaban J connectivity index is 1.76. The smallest absolute Gasteiger partial charge is 0.259 e. The number of nitrogens with zero attached hydrogens (tertiary/aromatic N) is 2. The number of amides is 2. The summed E-state index contributed by atoms with van der Waals surface area (Å²) in [4.78, 5) is 27.2. The number of carbonyl (C=O) groups excluding carboxylic acids is 2. The zero-order valence-electron chi connectivity index (χ0n) is 12.5. The first-order valence-corrected chi connectivity index (χ1v) is 6.83. The minimum atomic E-state index is -0.419. The van der Waals surface area contributed by atoms with Gasteiger partial charge in [0.1, 0.15) is 5.75 Å². The van der Waals surface area contributed by atoms with Crippen LogP contribution in [-0.2, 0) is 4.79 Å². The van der Waals surface area contributed by atoms with Crippen LogP contribution < -0.4 is 15.5 Å². The molecule has 0 saturated carbocycles. The summed E-state index contributed by atoms with van der Waals surface area (Å²) >= 11 is 0. The Morgan fingerprint density at radius 2 is 1.87 bits per heavy atom. The van der Waals surface area contributed by atoms with Gasteiger partial charge >= 0.3 is 0 Å². The lowest BCUT2D eigenvalue weighted by Gasteiger charge is -2.03. The molecule has 2 N–H and O–H groups in total. The molecule has 0 atom stereocenters. The van der Waals surface area contributed by atoms with Crippen molar-refractivity contribution in [2.45, 2.75) is 0 Å². The second-order valence-electron chi connectivity index (χ2n) is 4.48.